The van der Waals surface area contributed by atoms with Crippen LogP contribution in [0.3, 0.4) is 0 Å². The summed E-state index contributed by atoms with van der Waals surface area (Å²) < 4.78 is 5.44. The van der Waals surface area contributed by atoms with Gasteiger partial charge in [-0.15, -0.1) is 10.2 Å². The first-order chi connectivity index (χ1) is 12.1. The minimum absolute atomic E-state index is 0.0669. The molecular weight excluding hydrogens is 352 g/mol. The minimum Gasteiger partial charge on any atom is -0.408 e. The van der Waals surface area contributed by atoms with Crippen LogP contribution in [0.2, 0.25) is 0 Å². The third kappa shape index (κ3) is 8.62. The summed E-state index contributed by atoms with van der Waals surface area (Å²) in [5.41, 5.74) is -0.110. The second kappa shape index (κ2) is 10.5. The molecular formula is C18H30N4O3S. The van der Waals surface area contributed by atoms with E-state index in [4.69, 9.17) is 4.42 Å². The fourth-order valence-corrected chi connectivity index (χ4v) is 2.72. The van der Waals surface area contributed by atoms with E-state index in [1.165, 1.54) is 17.8 Å². The molecule has 0 bridgehead atoms. The molecule has 7 nitrogen and oxygen atoms in total. The van der Waals surface area contributed by atoms with Crippen molar-refractivity contribution in [1.82, 2.24) is 20.8 Å². The Hall–Kier alpha value is -1.67. The van der Waals surface area contributed by atoms with E-state index in [2.05, 4.69) is 20.8 Å². The van der Waals surface area contributed by atoms with Gasteiger partial charge in [0.25, 0.3) is 11.1 Å². The average Bonchev–Trinajstić information content (AvgIpc) is 2.99. The Labute approximate surface area is 159 Å². The fourth-order valence-electron chi connectivity index (χ4n) is 2.01. The summed E-state index contributed by atoms with van der Waals surface area (Å²) in [7, 11) is 1.86. The Morgan fingerprint density at radius 2 is 1.96 bits per heavy atom. The molecule has 1 amide bonds. The molecule has 0 spiro atoms. The topological polar surface area (TPSA) is 97.1 Å². The molecule has 8 heteroatoms. The number of thioether (sulfide) groups is 1. The third-order valence-electron chi connectivity index (χ3n) is 3.27. The van der Waals surface area contributed by atoms with Gasteiger partial charge in [0.05, 0.1) is 6.04 Å². The van der Waals surface area contributed by atoms with Gasteiger partial charge < -0.3 is 15.1 Å². The van der Waals surface area contributed by atoms with Crippen molar-refractivity contribution in [2.45, 2.75) is 52.3 Å². The highest BCUT2D eigenvalue weighted by Crippen LogP contribution is 2.18. The average molecular weight is 383 g/mol. The summed E-state index contributed by atoms with van der Waals surface area (Å²) in [5.74, 6) is 0.257. The van der Waals surface area contributed by atoms with E-state index in [1.807, 2.05) is 47.7 Å². The van der Waals surface area contributed by atoms with Crippen LogP contribution in [0.25, 0.3) is 0 Å². The van der Waals surface area contributed by atoms with E-state index in [9.17, 15) is 9.59 Å². The van der Waals surface area contributed by atoms with Gasteiger partial charge in [0.1, 0.15) is 0 Å². The summed E-state index contributed by atoms with van der Waals surface area (Å²) >= 11 is 1.38. The van der Waals surface area contributed by atoms with Crippen LogP contribution in [-0.2, 0) is 4.79 Å². The van der Waals surface area contributed by atoms with Crippen molar-refractivity contribution in [2.75, 3.05) is 19.3 Å². The lowest BCUT2D eigenvalue weighted by Crippen LogP contribution is -2.41. The van der Waals surface area contributed by atoms with Gasteiger partial charge in [0, 0.05) is 12.3 Å². The first kappa shape index (κ1) is 22.4. The number of nitrogens with zero attached hydrogens (tertiary/aromatic N) is 2. The van der Waals surface area contributed by atoms with Crippen molar-refractivity contribution in [3.8, 4) is 0 Å². The minimum atomic E-state index is -0.692. The number of carbonyl (C=O) groups excluding carboxylic acids is 2. The molecule has 0 aliphatic rings. The molecule has 0 radical (unpaired) electrons. The molecule has 1 aromatic heterocycles. The maximum absolute atomic E-state index is 12.7. The Morgan fingerprint density at radius 1 is 1.27 bits per heavy atom. The number of hydrogen-bond donors (Lipinski definition) is 2. The molecule has 1 atom stereocenters. The lowest BCUT2D eigenvalue weighted by atomic mass is 9.96. The summed E-state index contributed by atoms with van der Waals surface area (Å²) in [4.78, 5) is 24.9. The molecule has 146 valence electrons. The predicted octanol–water partition coefficient (Wildman–Crippen LogP) is 2.70. The zero-order chi connectivity index (χ0) is 19.7. The molecule has 1 heterocycles. The van der Waals surface area contributed by atoms with Crippen molar-refractivity contribution >= 4 is 23.5 Å². The smallest absolute Gasteiger partial charge is 0.286 e. The number of aromatic nitrogens is 2. The normalized spacial score (nSPS) is 13.3. The number of carbonyl (C=O) groups is 2. The molecule has 0 saturated carbocycles. The second-order valence-electron chi connectivity index (χ2n) is 7.58. The van der Waals surface area contributed by atoms with E-state index >= 15 is 0 Å². The van der Waals surface area contributed by atoms with Gasteiger partial charge in [0.15, 0.2) is 0 Å². The molecule has 1 rings (SSSR count). The molecule has 1 aromatic rings. The maximum Gasteiger partial charge on any atom is 0.286 e. The Bertz CT molecular complexity index is 620. The SMILES string of the molecule is CNCCSc1nnc(C(=O)[C@H](CC(C)C)NC(=O)C=CC(C)(C)C)o1. The number of amides is 1. The van der Waals surface area contributed by atoms with Crippen molar-refractivity contribution in [3.05, 3.63) is 18.0 Å². The number of hydrogen-bond acceptors (Lipinski definition) is 7. The van der Waals surface area contributed by atoms with Crippen LogP contribution >= 0.6 is 11.8 Å². The molecule has 0 aromatic carbocycles. The molecule has 0 fully saturated rings. The molecule has 0 unspecified atom stereocenters. The maximum atomic E-state index is 12.7. The van der Waals surface area contributed by atoms with E-state index < -0.39 is 6.04 Å². The largest absolute Gasteiger partial charge is 0.408 e. The van der Waals surface area contributed by atoms with Crippen LogP contribution in [0.4, 0.5) is 0 Å². The molecule has 0 aliphatic heterocycles. The quantitative estimate of drug-likeness (QED) is 0.278. The number of ketones is 1. The first-order valence-corrected chi connectivity index (χ1v) is 9.75. The van der Waals surface area contributed by atoms with Crippen molar-refractivity contribution < 1.29 is 14.0 Å². The summed E-state index contributed by atoms with van der Waals surface area (Å²) in [6, 6.07) is -0.692. The Morgan fingerprint density at radius 3 is 2.54 bits per heavy atom. The van der Waals surface area contributed by atoms with Crippen LogP contribution in [-0.4, -0.2) is 47.3 Å². The second-order valence-corrected chi connectivity index (χ2v) is 8.63. The van der Waals surface area contributed by atoms with Gasteiger partial charge in [0.2, 0.25) is 11.7 Å². The molecule has 0 aliphatic carbocycles. The van der Waals surface area contributed by atoms with E-state index in [-0.39, 0.29) is 28.9 Å². The van der Waals surface area contributed by atoms with E-state index in [0.717, 1.165) is 12.3 Å². The lowest BCUT2D eigenvalue weighted by Gasteiger charge is -2.17. The predicted molar refractivity (Wildman–Crippen MR) is 103 cm³/mol. The fraction of sp³-hybridized carbons (Fsp3) is 0.667. The third-order valence-corrected chi connectivity index (χ3v) is 4.09. The first-order valence-electron chi connectivity index (χ1n) is 8.77. The monoisotopic (exact) mass is 382 g/mol. The van der Waals surface area contributed by atoms with Crippen LogP contribution in [0.1, 0.15) is 51.7 Å². The van der Waals surface area contributed by atoms with Crippen molar-refractivity contribution in [2.24, 2.45) is 11.3 Å². The van der Waals surface area contributed by atoms with Crippen LogP contribution in [0.15, 0.2) is 21.8 Å². The number of rotatable bonds is 10. The van der Waals surface area contributed by atoms with E-state index in [1.54, 1.807) is 0 Å². The number of nitrogens with one attached hydrogen (secondary N) is 2. The zero-order valence-corrected chi connectivity index (χ0v) is 17.3. The summed E-state index contributed by atoms with van der Waals surface area (Å²) in [6.07, 6.45) is 3.77. The van der Waals surface area contributed by atoms with Gasteiger partial charge in [-0.2, -0.15) is 0 Å². The highest BCUT2D eigenvalue weighted by molar-refractivity contribution is 7.99. The lowest BCUT2D eigenvalue weighted by molar-refractivity contribution is -0.117. The zero-order valence-electron chi connectivity index (χ0n) is 16.5. The van der Waals surface area contributed by atoms with Crippen molar-refractivity contribution in [1.29, 1.82) is 0 Å². The van der Waals surface area contributed by atoms with Gasteiger partial charge in [-0.1, -0.05) is 52.5 Å². The number of Topliss-reactive ketones (excluding diaryl/α,β-unsaturated/α-hetero) is 1. The summed E-state index contributed by atoms with van der Waals surface area (Å²) in [6.45, 7) is 10.8. The Kier molecular flexibility index (Phi) is 9.01. The van der Waals surface area contributed by atoms with Crippen LogP contribution in [0, 0.1) is 11.3 Å². The summed E-state index contributed by atoms with van der Waals surface area (Å²) in [5, 5.41) is 13.9. The van der Waals surface area contributed by atoms with Gasteiger partial charge >= 0.3 is 0 Å². The van der Waals surface area contributed by atoms with Gasteiger partial charge in [-0.3, -0.25) is 9.59 Å². The molecule has 0 saturated heterocycles. The van der Waals surface area contributed by atoms with Gasteiger partial charge in [-0.05, 0) is 30.9 Å². The molecule has 2 N–H and O–H groups in total. The number of allylic oxidation sites excluding steroid dienone is 1. The molecule has 26 heavy (non-hydrogen) atoms. The van der Waals surface area contributed by atoms with E-state index in [0.29, 0.717) is 11.6 Å². The standard InChI is InChI=1S/C18H30N4O3S/c1-12(2)11-13(20-14(23)7-8-18(3,4)5)15(24)16-21-22-17(25-16)26-10-9-19-6/h7-8,12-13,19H,9-11H2,1-6H3,(H,20,23)/t13-/m0/s1. The van der Waals surface area contributed by atoms with Gasteiger partial charge in [-0.25, -0.2) is 0 Å². The highest BCUT2D eigenvalue weighted by Gasteiger charge is 2.27. The van der Waals surface area contributed by atoms with Crippen molar-refractivity contribution in [3.63, 3.8) is 0 Å². The highest BCUT2D eigenvalue weighted by atomic mass is 32.2. The van der Waals surface area contributed by atoms with Crippen LogP contribution < -0.4 is 10.6 Å². The Balaban J connectivity index is 2.80. The van der Waals surface area contributed by atoms with Crippen LogP contribution in [0.5, 0.6) is 0 Å².